The molecule has 0 aliphatic carbocycles. The number of benzene rings is 1. The molecule has 0 spiro atoms. The second-order valence-electron chi connectivity index (χ2n) is 6.73. The van der Waals surface area contributed by atoms with Crippen LogP contribution < -0.4 is 5.32 Å². The quantitative estimate of drug-likeness (QED) is 0.787. The van der Waals surface area contributed by atoms with Crippen LogP contribution in [0.15, 0.2) is 30.3 Å². The van der Waals surface area contributed by atoms with E-state index >= 15 is 0 Å². The number of carboxylic acid groups (broad SMARTS) is 1. The Morgan fingerprint density at radius 1 is 1.30 bits per heavy atom. The summed E-state index contributed by atoms with van der Waals surface area (Å²) in [6.07, 6.45) is 1.39. The van der Waals surface area contributed by atoms with E-state index in [1.165, 1.54) is 23.5 Å². The number of carbonyl (C=O) groups is 2. The number of nitrogens with one attached hydrogen (secondary N) is 1. The highest BCUT2D eigenvalue weighted by molar-refractivity contribution is 7.17. The molecular weight excluding hydrogens is 369 g/mol. The summed E-state index contributed by atoms with van der Waals surface area (Å²) in [5.41, 5.74) is 1.78. The lowest BCUT2D eigenvalue weighted by atomic mass is 9.86. The van der Waals surface area contributed by atoms with E-state index in [9.17, 15) is 19.1 Å². The summed E-state index contributed by atoms with van der Waals surface area (Å²) in [7, 11) is 0. The van der Waals surface area contributed by atoms with Crippen molar-refractivity contribution in [1.82, 2.24) is 5.32 Å². The minimum Gasteiger partial charge on any atom is -0.481 e. The van der Waals surface area contributed by atoms with Crippen molar-refractivity contribution >= 4 is 23.2 Å². The molecule has 1 aromatic heterocycles. The molecule has 1 saturated heterocycles. The van der Waals surface area contributed by atoms with Gasteiger partial charge in [0.05, 0.1) is 10.8 Å². The molecule has 27 heavy (non-hydrogen) atoms. The molecule has 3 rings (SSSR count). The van der Waals surface area contributed by atoms with E-state index < -0.39 is 11.9 Å². The van der Waals surface area contributed by atoms with Gasteiger partial charge in [-0.15, -0.1) is 11.3 Å². The number of carbonyl (C=O) groups excluding carboxylic acids is 1. The Kier molecular flexibility index (Phi) is 6.23. The third-order valence-corrected chi connectivity index (χ3v) is 6.17. The number of carboxylic acids is 1. The number of amides is 1. The lowest BCUT2D eigenvalue weighted by Gasteiger charge is -2.27. The van der Waals surface area contributed by atoms with Crippen molar-refractivity contribution in [2.24, 2.45) is 11.8 Å². The van der Waals surface area contributed by atoms with Crippen LogP contribution in [0.25, 0.3) is 10.4 Å². The molecule has 1 atom stereocenters. The van der Waals surface area contributed by atoms with E-state index in [1.807, 2.05) is 6.92 Å². The number of hydrogen-bond acceptors (Lipinski definition) is 4. The number of ether oxygens (including phenoxy) is 1. The third-order valence-electron chi connectivity index (χ3n) is 4.88. The molecule has 0 saturated carbocycles. The van der Waals surface area contributed by atoms with Crippen LogP contribution in [0.3, 0.4) is 0 Å². The molecule has 1 aliphatic heterocycles. The molecule has 1 unspecified atom stereocenters. The van der Waals surface area contributed by atoms with E-state index in [-0.39, 0.29) is 24.2 Å². The summed E-state index contributed by atoms with van der Waals surface area (Å²) in [4.78, 5) is 25.5. The molecule has 1 amide bonds. The van der Waals surface area contributed by atoms with Gasteiger partial charge in [-0.05, 0) is 55.0 Å². The van der Waals surface area contributed by atoms with Gasteiger partial charge in [0.25, 0.3) is 5.91 Å². The zero-order valence-corrected chi connectivity index (χ0v) is 15.9. The Morgan fingerprint density at radius 2 is 1.96 bits per heavy atom. The molecule has 1 fully saturated rings. The van der Waals surface area contributed by atoms with Gasteiger partial charge in [0, 0.05) is 24.6 Å². The van der Waals surface area contributed by atoms with Gasteiger partial charge in [-0.1, -0.05) is 12.1 Å². The van der Waals surface area contributed by atoms with Crippen LogP contribution in [0.5, 0.6) is 0 Å². The van der Waals surface area contributed by atoms with Crippen molar-refractivity contribution in [1.29, 1.82) is 0 Å². The monoisotopic (exact) mass is 391 g/mol. The first kappa shape index (κ1) is 19.5. The summed E-state index contributed by atoms with van der Waals surface area (Å²) in [5.74, 6) is -2.09. The maximum absolute atomic E-state index is 13.1. The number of thiophene rings is 1. The highest BCUT2D eigenvalue weighted by Crippen LogP contribution is 2.32. The number of aliphatic carboxylic acids is 1. The van der Waals surface area contributed by atoms with E-state index in [2.05, 4.69) is 5.32 Å². The Labute approximate surface area is 161 Å². The summed E-state index contributed by atoms with van der Waals surface area (Å²) in [6, 6.07) is 7.92. The van der Waals surface area contributed by atoms with E-state index in [0.29, 0.717) is 30.9 Å². The average Bonchev–Trinajstić information content (AvgIpc) is 3.05. The lowest BCUT2D eigenvalue weighted by Crippen LogP contribution is -2.38. The Hall–Kier alpha value is -2.25. The fraction of sp³-hybridized carbons (Fsp3) is 0.400. The fourth-order valence-corrected chi connectivity index (χ4v) is 4.44. The zero-order chi connectivity index (χ0) is 19.4. The first-order valence-electron chi connectivity index (χ1n) is 8.91. The van der Waals surface area contributed by atoms with Crippen LogP contribution in [-0.2, 0) is 9.53 Å². The maximum Gasteiger partial charge on any atom is 0.308 e. The Bertz CT molecular complexity index is 812. The number of rotatable bonds is 6. The number of halogens is 1. The van der Waals surface area contributed by atoms with Gasteiger partial charge in [-0.25, -0.2) is 4.39 Å². The predicted octanol–water partition coefficient (Wildman–Crippen LogP) is 3.72. The van der Waals surface area contributed by atoms with Crippen LogP contribution in [-0.4, -0.2) is 36.7 Å². The molecular formula is C20H22FNO4S. The van der Waals surface area contributed by atoms with E-state index in [0.717, 1.165) is 16.0 Å². The second-order valence-corrected chi connectivity index (χ2v) is 7.79. The molecule has 1 aliphatic rings. The molecule has 7 heteroatoms. The molecule has 2 aromatic rings. The van der Waals surface area contributed by atoms with Crippen molar-refractivity contribution < 1.29 is 23.8 Å². The minimum absolute atomic E-state index is 0.0106. The minimum atomic E-state index is -0.892. The van der Waals surface area contributed by atoms with Crippen molar-refractivity contribution in [3.05, 3.63) is 46.6 Å². The van der Waals surface area contributed by atoms with Gasteiger partial charge in [0.2, 0.25) is 0 Å². The highest BCUT2D eigenvalue weighted by Gasteiger charge is 2.30. The third kappa shape index (κ3) is 4.73. The zero-order valence-electron chi connectivity index (χ0n) is 15.0. The highest BCUT2D eigenvalue weighted by atomic mass is 32.1. The van der Waals surface area contributed by atoms with E-state index in [1.54, 1.807) is 18.2 Å². The predicted molar refractivity (Wildman–Crippen MR) is 101 cm³/mol. The second kappa shape index (κ2) is 8.63. The molecule has 0 bridgehead atoms. The molecule has 1 aromatic carbocycles. The van der Waals surface area contributed by atoms with Crippen LogP contribution in [0, 0.1) is 24.6 Å². The van der Waals surface area contributed by atoms with Crippen molar-refractivity contribution in [2.45, 2.75) is 19.8 Å². The summed E-state index contributed by atoms with van der Waals surface area (Å²) in [6.45, 7) is 3.12. The lowest BCUT2D eigenvalue weighted by molar-refractivity contribution is -0.144. The normalized spacial score (nSPS) is 16.1. The molecule has 2 heterocycles. The summed E-state index contributed by atoms with van der Waals surface area (Å²) < 4.78 is 18.4. The largest absolute Gasteiger partial charge is 0.481 e. The molecule has 144 valence electrons. The van der Waals surface area contributed by atoms with E-state index in [4.69, 9.17) is 4.74 Å². The Balaban J connectivity index is 1.68. The van der Waals surface area contributed by atoms with Crippen LogP contribution in [0.4, 0.5) is 4.39 Å². The SMILES string of the molecule is Cc1cc(C(=O)NCC(C(=O)O)C2CCOCC2)sc1-c1ccc(F)cc1. The van der Waals surface area contributed by atoms with Gasteiger partial charge < -0.3 is 15.2 Å². The van der Waals surface area contributed by atoms with Crippen LogP contribution in [0.2, 0.25) is 0 Å². The van der Waals surface area contributed by atoms with Gasteiger partial charge in [-0.3, -0.25) is 9.59 Å². The number of hydrogen-bond donors (Lipinski definition) is 2. The van der Waals surface area contributed by atoms with Crippen LogP contribution in [0.1, 0.15) is 28.1 Å². The summed E-state index contributed by atoms with van der Waals surface area (Å²) in [5, 5.41) is 12.3. The molecule has 5 nitrogen and oxygen atoms in total. The topological polar surface area (TPSA) is 75.6 Å². The first-order chi connectivity index (χ1) is 13.0. The average molecular weight is 391 g/mol. The maximum atomic E-state index is 13.1. The smallest absolute Gasteiger partial charge is 0.308 e. The van der Waals surface area contributed by atoms with Crippen molar-refractivity contribution in [3.8, 4) is 10.4 Å². The van der Waals surface area contributed by atoms with Gasteiger partial charge in [0.15, 0.2) is 0 Å². The summed E-state index contributed by atoms with van der Waals surface area (Å²) >= 11 is 1.32. The standard InChI is InChI=1S/C20H22FNO4S/c1-12-10-17(27-18(12)14-2-4-15(21)5-3-14)19(23)22-11-16(20(24)25)13-6-8-26-9-7-13/h2-5,10,13,16H,6-9,11H2,1H3,(H,22,23)(H,24,25). The Morgan fingerprint density at radius 3 is 2.59 bits per heavy atom. The van der Waals surface area contributed by atoms with Crippen molar-refractivity contribution in [2.75, 3.05) is 19.8 Å². The molecule has 2 N–H and O–H groups in total. The van der Waals surface area contributed by atoms with Crippen LogP contribution >= 0.6 is 11.3 Å². The fourth-order valence-electron chi connectivity index (χ4n) is 3.35. The van der Waals surface area contributed by atoms with Gasteiger partial charge in [0.1, 0.15) is 5.82 Å². The number of aryl methyl sites for hydroxylation is 1. The van der Waals surface area contributed by atoms with Gasteiger partial charge in [-0.2, -0.15) is 0 Å². The van der Waals surface area contributed by atoms with Gasteiger partial charge >= 0.3 is 5.97 Å². The first-order valence-corrected chi connectivity index (χ1v) is 9.72. The molecule has 0 radical (unpaired) electrons. The van der Waals surface area contributed by atoms with Crippen molar-refractivity contribution in [3.63, 3.8) is 0 Å².